The molecule has 2 fully saturated rings. The monoisotopic (exact) mass is 241 g/mol. The average Bonchev–Trinajstić information content (AvgIpc) is 2.38. The maximum absolute atomic E-state index is 11.8. The third kappa shape index (κ3) is 3.67. The van der Waals surface area contributed by atoms with Crippen molar-refractivity contribution in [2.24, 2.45) is 5.92 Å². The Morgan fingerprint density at radius 2 is 2.41 bits per heavy atom. The molecule has 2 heterocycles. The molecule has 2 rings (SSSR count). The summed E-state index contributed by atoms with van der Waals surface area (Å²) in [5.74, 6) is 0.316. The van der Waals surface area contributed by atoms with Crippen LogP contribution in [0.2, 0.25) is 0 Å². The third-order valence-electron chi connectivity index (χ3n) is 3.15. The lowest BCUT2D eigenvalue weighted by atomic mass is 10.0. The van der Waals surface area contributed by atoms with Crippen LogP contribution in [0.25, 0.3) is 0 Å². The normalized spacial score (nSPS) is 29.5. The average molecular weight is 241 g/mol. The van der Waals surface area contributed by atoms with Crippen LogP contribution in [0.15, 0.2) is 0 Å². The molecule has 0 spiro atoms. The summed E-state index contributed by atoms with van der Waals surface area (Å²) in [6.45, 7) is 2.80. The molecular formula is C11H19N3O3. The standard InChI is InChI=1S/C11H19N3O3/c15-10-6-12-9(5-13-10)11(16)14-4-8-2-1-3-17-7-8/h8-9,12H,1-7H2,(H,13,15)(H,14,16). The highest BCUT2D eigenvalue weighted by Gasteiger charge is 2.24. The molecular weight excluding hydrogens is 222 g/mol. The molecule has 0 aromatic carbocycles. The zero-order valence-corrected chi connectivity index (χ0v) is 9.83. The summed E-state index contributed by atoms with van der Waals surface area (Å²) in [6, 6.07) is -0.308. The maximum atomic E-state index is 11.8. The zero-order valence-electron chi connectivity index (χ0n) is 9.83. The molecule has 2 aliphatic heterocycles. The highest BCUT2D eigenvalue weighted by molar-refractivity contribution is 5.86. The SMILES string of the molecule is O=C1CNC(C(=O)NCC2CCCOC2)CN1. The van der Waals surface area contributed by atoms with Gasteiger partial charge in [-0.15, -0.1) is 0 Å². The molecule has 0 bridgehead atoms. The number of carbonyl (C=O) groups excluding carboxylic acids is 2. The lowest BCUT2D eigenvalue weighted by Gasteiger charge is -2.26. The van der Waals surface area contributed by atoms with E-state index in [1.165, 1.54) is 0 Å². The van der Waals surface area contributed by atoms with Gasteiger partial charge in [-0.2, -0.15) is 0 Å². The fourth-order valence-corrected chi connectivity index (χ4v) is 2.09. The van der Waals surface area contributed by atoms with Gasteiger partial charge in [0.15, 0.2) is 0 Å². The molecule has 0 aromatic heterocycles. The van der Waals surface area contributed by atoms with Crippen LogP contribution >= 0.6 is 0 Å². The molecule has 0 aromatic rings. The molecule has 3 N–H and O–H groups in total. The van der Waals surface area contributed by atoms with E-state index in [1.54, 1.807) is 0 Å². The second kappa shape index (κ2) is 5.97. The fourth-order valence-electron chi connectivity index (χ4n) is 2.09. The first-order valence-corrected chi connectivity index (χ1v) is 6.11. The van der Waals surface area contributed by atoms with Crippen LogP contribution in [0.1, 0.15) is 12.8 Å². The van der Waals surface area contributed by atoms with Crippen molar-refractivity contribution in [2.45, 2.75) is 18.9 Å². The van der Waals surface area contributed by atoms with Crippen molar-refractivity contribution in [1.82, 2.24) is 16.0 Å². The smallest absolute Gasteiger partial charge is 0.238 e. The minimum atomic E-state index is -0.308. The number of piperazine rings is 1. The number of hydrogen-bond acceptors (Lipinski definition) is 4. The summed E-state index contributed by atoms with van der Waals surface area (Å²) in [4.78, 5) is 22.7. The summed E-state index contributed by atoms with van der Waals surface area (Å²) >= 11 is 0. The third-order valence-corrected chi connectivity index (χ3v) is 3.15. The van der Waals surface area contributed by atoms with Crippen molar-refractivity contribution >= 4 is 11.8 Å². The van der Waals surface area contributed by atoms with Crippen LogP contribution in [0.3, 0.4) is 0 Å². The summed E-state index contributed by atoms with van der Waals surface area (Å²) in [7, 11) is 0. The molecule has 2 unspecified atom stereocenters. The molecule has 96 valence electrons. The molecule has 2 aliphatic rings. The Balaban J connectivity index is 1.67. The summed E-state index contributed by atoms with van der Waals surface area (Å²) < 4.78 is 5.35. The molecule has 2 saturated heterocycles. The van der Waals surface area contributed by atoms with E-state index in [1.807, 2.05) is 0 Å². The van der Waals surface area contributed by atoms with E-state index in [2.05, 4.69) is 16.0 Å². The summed E-state index contributed by atoms with van der Waals surface area (Å²) in [5, 5.41) is 8.47. The zero-order chi connectivity index (χ0) is 12.1. The van der Waals surface area contributed by atoms with Crippen molar-refractivity contribution in [1.29, 1.82) is 0 Å². The number of carbonyl (C=O) groups is 2. The maximum Gasteiger partial charge on any atom is 0.238 e. The van der Waals surface area contributed by atoms with Crippen molar-refractivity contribution < 1.29 is 14.3 Å². The second-order valence-electron chi connectivity index (χ2n) is 4.57. The van der Waals surface area contributed by atoms with Crippen LogP contribution in [-0.4, -0.2) is 50.7 Å². The first kappa shape index (κ1) is 12.3. The fraction of sp³-hybridized carbons (Fsp3) is 0.818. The van der Waals surface area contributed by atoms with Gasteiger partial charge in [0.2, 0.25) is 11.8 Å². The minimum Gasteiger partial charge on any atom is -0.381 e. The van der Waals surface area contributed by atoms with E-state index in [0.29, 0.717) is 19.0 Å². The predicted molar refractivity (Wildman–Crippen MR) is 61.4 cm³/mol. The molecule has 6 heteroatoms. The van der Waals surface area contributed by atoms with E-state index in [0.717, 1.165) is 26.1 Å². The minimum absolute atomic E-state index is 0.0458. The summed E-state index contributed by atoms with van der Waals surface area (Å²) in [6.07, 6.45) is 2.17. The molecule has 0 aliphatic carbocycles. The Morgan fingerprint density at radius 3 is 3.06 bits per heavy atom. The topological polar surface area (TPSA) is 79.5 Å². The number of amides is 2. The van der Waals surface area contributed by atoms with Gasteiger partial charge in [0, 0.05) is 19.7 Å². The van der Waals surface area contributed by atoms with Crippen molar-refractivity contribution in [3.8, 4) is 0 Å². The first-order valence-electron chi connectivity index (χ1n) is 6.11. The molecule has 6 nitrogen and oxygen atoms in total. The molecule has 17 heavy (non-hydrogen) atoms. The highest BCUT2D eigenvalue weighted by atomic mass is 16.5. The number of nitrogens with one attached hydrogen (secondary N) is 3. The van der Waals surface area contributed by atoms with Crippen LogP contribution in [-0.2, 0) is 14.3 Å². The Kier molecular flexibility index (Phi) is 4.33. The lowest BCUT2D eigenvalue weighted by molar-refractivity contribution is -0.126. The van der Waals surface area contributed by atoms with Crippen molar-refractivity contribution in [3.63, 3.8) is 0 Å². The molecule has 2 atom stereocenters. The summed E-state index contributed by atoms with van der Waals surface area (Å²) in [5.41, 5.74) is 0. The highest BCUT2D eigenvalue weighted by Crippen LogP contribution is 2.12. The van der Waals surface area contributed by atoms with Gasteiger partial charge < -0.3 is 15.4 Å². The van der Waals surface area contributed by atoms with Crippen LogP contribution in [0.4, 0.5) is 0 Å². The second-order valence-corrected chi connectivity index (χ2v) is 4.57. The Hall–Kier alpha value is -1.14. The van der Waals surface area contributed by atoms with Gasteiger partial charge in [-0.1, -0.05) is 0 Å². The quantitative estimate of drug-likeness (QED) is 0.569. The van der Waals surface area contributed by atoms with Crippen LogP contribution in [0, 0.1) is 5.92 Å². The Labute approximate surface area is 100 Å². The van der Waals surface area contributed by atoms with Gasteiger partial charge in [-0.05, 0) is 18.8 Å². The molecule has 2 amide bonds. The van der Waals surface area contributed by atoms with Gasteiger partial charge in [-0.25, -0.2) is 0 Å². The number of ether oxygens (including phenoxy) is 1. The van der Waals surface area contributed by atoms with Crippen LogP contribution < -0.4 is 16.0 Å². The van der Waals surface area contributed by atoms with E-state index in [9.17, 15) is 9.59 Å². The van der Waals surface area contributed by atoms with Crippen molar-refractivity contribution in [3.05, 3.63) is 0 Å². The van der Waals surface area contributed by atoms with Gasteiger partial charge in [0.25, 0.3) is 0 Å². The number of rotatable bonds is 3. The van der Waals surface area contributed by atoms with Gasteiger partial charge in [-0.3, -0.25) is 14.9 Å². The van der Waals surface area contributed by atoms with Gasteiger partial charge >= 0.3 is 0 Å². The van der Waals surface area contributed by atoms with Crippen molar-refractivity contribution in [2.75, 3.05) is 32.8 Å². The van der Waals surface area contributed by atoms with E-state index >= 15 is 0 Å². The largest absolute Gasteiger partial charge is 0.381 e. The predicted octanol–water partition coefficient (Wildman–Crippen LogP) is -1.38. The van der Waals surface area contributed by atoms with E-state index in [4.69, 9.17) is 4.74 Å². The van der Waals surface area contributed by atoms with Crippen LogP contribution in [0.5, 0.6) is 0 Å². The number of hydrogen-bond donors (Lipinski definition) is 3. The molecule has 0 radical (unpaired) electrons. The van der Waals surface area contributed by atoms with E-state index in [-0.39, 0.29) is 24.4 Å². The van der Waals surface area contributed by atoms with Gasteiger partial charge in [0.05, 0.1) is 13.2 Å². The Bertz CT molecular complexity index is 280. The molecule has 0 saturated carbocycles. The lowest BCUT2D eigenvalue weighted by Crippen LogP contribution is -2.58. The van der Waals surface area contributed by atoms with Gasteiger partial charge in [0.1, 0.15) is 6.04 Å². The first-order chi connectivity index (χ1) is 8.25. The van der Waals surface area contributed by atoms with E-state index < -0.39 is 0 Å². The Morgan fingerprint density at radius 1 is 1.53 bits per heavy atom.